The molecule has 0 amide bonds. The van der Waals surface area contributed by atoms with Gasteiger partial charge in [0.05, 0.1) is 12.3 Å². The number of halogens is 3. The van der Waals surface area contributed by atoms with Crippen LogP contribution < -0.4 is 9.47 Å². The maximum absolute atomic E-state index is 14.5. The van der Waals surface area contributed by atoms with Crippen LogP contribution in [0.1, 0.15) is 52.0 Å². The molecule has 0 aromatic heterocycles. The Balaban J connectivity index is 2.63. The van der Waals surface area contributed by atoms with Crippen molar-refractivity contribution in [3.05, 3.63) is 34.1 Å². The summed E-state index contributed by atoms with van der Waals surface area (Å²) in [5, 5.41) is 3.86. The summed E-state index contributed by atoms with van der Waals surface area (Å²) in [5.41, 5.74) is 1.62. The highest BCUT2D eigenvalue weighted by Crippen LogP contribution is 2.33. The molecular weight excluding hydrogens is 380 g/mol. The fraction of sp³-hybridized carbons (Fsp3) is 0.526. The summed E-state index contributed by atoms with van der Waals surface area (Å²) in [4.78, 5) is 5.12. The molecule has 0 heterocycles. The molecule has 0 fully saturated rings. The molecule has 26 heavy (non-hydrogen) atoms. The molecule has 0 N–H and O–H groups in total. The maximum Gasteiger partial charge on any atom is 0.169 e. The van der Waals surface area contributed by atoms with E-state index in [4.69, 9.17) is 37.5 Å². The molecule has 0 saturated carbocycles. The predicted molar refractivity (Wildman–Crippen MR) is 105 cm³/mol. The van der Waals surface area contributed by atoms with Gasteiger partial charge in [0.1, 0.15) is 23.5 Å². The van der Waals surface area contributed by atoms with E-state index in [9.17, 15) is 4.39 Å². The third-order valence-corrected chi connectivity index (χ3v) is 3.59. The Hall–Kier alpha value is -1.46. The lowest BCUT2D eigenvalue weighted by molar-refractivity contribution is 0.135. The molecule has 146 valence electrons. The Morgan fingerprint density at radius 2 is 1.85 bits per heavy atom. The van der Waals surface area contributed by atoms with Crippen molar-refractivity contribution in [3.63, 3.8) is 0 Å². The van der Waals surface area contributed by atoms with E-state index in [1.165, 1.54) is 12.1 Å². The van der Waals surface area contributed by atoms with E-state index in [-0.39, 0.29) is 22.8 Å². The van der Waals surface area contributed by atoms with E-state index in [0.717, 1.165) is 24.1 Å². The normalized spacial score (nSPS) is 10.5. The van der Waals surface area contributed by atoms with Crippen LogP contribution in [-0.2, 0) is 4.84 Å². The zero-order valence-corrected chi connectivity index (χ0v) is 17.2. The van der Waals surface area contributed by atoms with Crippen molar-refractivity contribution < 1.29 is 18.7 Å². The summed E-state index contributed by atoms with van der Waals surface area (Å²) in [7, 11) is 0. The molecule has 0 atom stereocenters. The number of oxime groups is 1. The van der Waals surface area contributed by atoms with Gasteiger partial charge in [0.25, 0.3) is 0 Å². The van der Waals surface area contributed by atoms with Gasteiger partial charge < -0.3 is 14.3 Å². The highest BCUT2D eigenvalue weighted by atomic mass is 35.5. The second kappa shape index (κ2) is 12.0. The van der Waals surface area contributed by atoms with Gasteiger partial charge in [-0.25, -0.2) is 4.39 Å². The average Bonchev–Trinajstić information content (AvgIpc) is 2.54. The molecular formula is C19H26Cl2FNO3. The number of ether oxygens (including phenoxy) is 2. The highest BCUT2D eigenvalue weighted by molar-refractivity contribution is 6.55. The van der Waals surface area contributed by atoms with Crippen LogP contribution in [0.5, 0.6) is 11.5 Å². The van der Waals surface area contributed by atoms with Crippen LogP contribution in [0, 0.1) is 5.82 Å². The van der Waals surface area contributed by atoms with Crippen LogP contribution in [0.2, 0.25) is 0 Å². The van der Waals surface area contributed by atoms with Crippen LogP contribution in [-0.4, -0.2) is 25.5 Å². The van der Waals surface area contributed by atoms with Crippen molar-refractivity contribution in [1.82, 2.24) is 0 Å². The van der Waals surface area contributed by atoms with Crippen LogP contribution in [0.4, 0.5) is 4.39 Å². The maximum atomic E-state index is 14.5. The number of benzene rings is 1. The number of unbranched alkanes of at least 4 members (excludes halogenated alkanes) is 1. The van der Waals surface area contributed by atoms with Gasteiger partial charge in [-0.3, -0.25) is 0 Å². The summed E-state index contributed by atoms with van der Waals surface area (Å²) < 4.78 is 25.7. The minimum absolute atomic E-state index is 0.0837. The first-order chi connectivity index (χ1) is 12.3. The van der Waals surface area contributed by atoms with E-state index >= 15 is 0 Å². The largest absolute Gasteiger partial charge is 0.490 e. The minimum Gasteiger partial charge on any atom is -0.490 e. The smallest absolute Gasteiger partial charge is 0.169 e. The topological polar surface area (TPSA) is 40.0 Å². The van der Waals surface area contributed by atoms with Gasteiger partial charge in [0.2, 0.25) is 0 Å². The third kappa shape index (κ3) is 8.77. The quantitative estimate of drug-likeness (QED) is 0.249. The van der Waals surface area contributed by atoms with Gasteiger partial charge >= 0.3 is 0 Å². The summed E-state index contributed by atoms with van der Waals surface area (Å²) in [5.74, 6) is 0.308. The zero-order chi connectivity index (χ0) is 19.5. The number of hydrogen-bond acceptors (Lipinski definition) is 4. The average molecular weight is 406 g/mol. The van der Waals surface area contributed by atoms with E-state index in [2.05, 4.69) is 5.16 Å². The molecule has 1 aromatic rings. The lowest BCUT2D eigenvalue weighted by Crippen LogP contribution is -2.06. The van der Waals surface area contributed by atoms with Crippen LogP contribution in [0.3, 0.4) is 0 Å². The van der Waals surface area contributed by atoms with E-state index in [1.54, 1.807) is 6.07 Å². The number of hydrogen-bond donors (Lipinski definition) is 0. The lowest BCUT2D eigenvalue weighted by atomic mass is 10.0. The first kappa shape index (κ1) is 22.6. The van der Waals surface area contributed by atoms with Crippen molar-refractivity contribution in [2.45, 2.75) is 46.5 Å². The first-order valence-electron chi connectivity index (χ1n) is 8.54. The zero-order valence-electron chi connectivity index (χ0n) is 15.7. The van der Waals surface area contributed by atoms with Gasteiger partial charge in [0.15, 0.2) is 11.6 Å². The Labute approximate surface area is 164 Å². The molecule has 1 aromatic carbocycles. The van der Waals surface area contributed by atoms with Gasteiger partial charge in [-0.05, 0) is 44.7 Å². The van der Waals surface area contributed by atoms with Crippen LogP contribution in [0.15, 0.2) is 27.9 Å². The van der Waals surface area contributed by atoms with Crippen LogP contribution >= 0.6 is 23.2 Å². The summed E-state index contributed by atoms with van der Waals surface area (Å²) in [6.07, 6.45) is 3.02. The standard InChI is InChI=1S/C19H26Cl2FNO3/c1-13(2)16-11-15(24-10-7-18(20)21)12-17(22)19(16)25-8-5-6-9-26-23-14(3)4/h7,11-13H,5-6,8-10H2,1-4H3. The Morgan fingerprint density at radius 3 is 2.46 bits per heavy atom. The molecule has 0 aliphatic rings. The van der Waals surface area contributed by atoms with E-state index in [1.807, 2.05) is 27.7 Å². The molecule has 0 radical (unpaired) electrons. The highest BCUT2D eigenvalue weighted by Gasteiger charge is 2.16. The van der Waals surface area contributed by atoms with Crippen molar-refractivity contribution >= 4 is 28.9 Å². The number of nitrogens with zero attached hydrogens (tertiary/aromatic N) is 1. The van der Waals surface area contributed by atoms with E-state index < -0.39 is 5.82 Å². The van der Waals surface area contributed by atoms with Gasteiger partial charge in [-0.2, -0.15) is 0 Å². The molecule has 0 aliphatic carbocycles. The molecule has 1 rings (SSSR count). The van der Waals surface area contributed by atoms with Crippen molar-refractivity contribution in [1.29, 1.82) is 0 Å². The Kier molecular flexibility index (Phi) is 10.4. The molecule has 4 nitrogen and oxygen atoms in total. The van der Waals surface area contributed by atoms with Crippen molar-refractivity contribution in [2.75, 3.05) is 19.8 Å². The third-order valence-electron chi connectivity index (χ3n) is 3.28. The molecule has 0 bridgehead atoms. The monoisotopic (exact) mass is 405 g/mol. The molecule has 0 unspecified atom stereocenters. The lowest BCUT2D eigenvalue weighted by Gasteiger charge is -2.17. The molecule has 0 saturated heterocycles. The van der Waals surface area contributed by atoms with E-state index in [0.29, 0.717) is 19.0 Å². The van der Waals surface area contributed by atoms with Crippen molar-refractivity contribution in [2.24, 2.45) is 5.16 Å². The van der Waals surface area contributed by atoms with Crippen LogP contribution in [0.25, 0.3) is 0 Å². The van der Waals surface area contributed by atoms with Gasteiger partial charge in [-0.1, -0.05) is 42.2 Å². The van der Waals surface area contributed by atoms with Gasteiger partial charge in [-0.15, -0.1) is 0 Å². The second-order valence-electron chi connectivity index (χ2n) is 6.21. The second-order valence-corrected chi connectivity index (χ2v) is 7.22. The van der Waals surface area contributed by atoms with Crippen molar-refractivity contribution in [3.8, 4) is 11.5 Å². The fourth-order valence-corrected chi connectivity index (χ4v) is 2.20. The SMILES string of the molecule is CC(C)=NOCCCCOc1c(F)cc(OCC=C(Cl)Cl)cc1C(C)C. The Morgan fingerprint density at radius 1 is 1.15 bits per heavy atom. The summed E-state index contributed by atoms with van der Waals surface area (Å²) in [6.45, 7) is 8.76. The Bertz CT molecular complexity index is 625. The van der Waals surface area contributed by atoms with Gasteiger partial charge in [0, 0.05) is 11.6 Å². The predicted octanol–water partition coefficient (Wildman–Crippen LogP) is 6.22. The summed E-state index contributed by atoms with van der Waals surface area (Å²) in [6, 6.07) is 3.08. The molecule has 0 aliphatic heterocycles. The summed E-state index contributed by atoms with van der Waals surface area (Å²) >= 11 is 11.1. The minimum atomic E-state index is -0.449. The molecule has 0 spiro atoms. The first-order valence-corrected chi connectivity index (χ1v) is 9.30. The number of rotatable bonds is 11. The fourth-order valence-electron chi connectivity index (χ4n) is 2.07. The molecule has 7 heteroatoms.